The molecule has 0 amide bonds. The highest BCUT2D eigenvalue weighted by molar-refractivity contribution is 4.62. The summed E-state index contributed by atoms with van der Waals surface area (Å²) in [6.45, 7) is 5.56. The van der Waals surface area contributed by atoms with Crippen LogP contribution in [0.5, 0.6) is 0 Å². The van der Waals surface area contributed by atoms with Crippen molar-refractivity contribution < 1.29 is 21.5 Å². The van der Waals surface area contributed by atoms with Gasteiger partial charge in [-0.3, -0.25) is 0 Å². The Bertz CT molecular complexity index is 206. The first-order valence-corrected chi connectivity index (χ1v) is 3.69. The van der Waals surface area contributed by atoms with Gasteiger partial charge >= 0.3 is 0 Å². The predicted octanol–water partition coefficient (Wildman–Crippen LogP) is -2.03. The molecule has 0 N–H and O–H groups in total. The van der Waals surface area contributed by atoms with Gasteiger partial charge in [-0.1, -0.05) is 13.8 Å². The Balaban J connectivity index is 0.000001000. The van der Waals surface area contributed by atoms with Crippen molar-refractivity contribution in [2.75, 3.05) is 0 Å². The fourth-order valence-electron chi connectivity index (χ4n) is 1.03. The predicted molar refractivity (Wildman–Crippen MR) is 40.4 cm³/mol. The molecular weight excluding hydrogens is 204 g/mol. The molecule has 1 aromatic rings. The van der Waals surface area contributed by atoms with E-state index >= 15 is 0 Å². The molecule has 64 valence electrons. The fraction of sp³-hybridized carbons (Fsp3) is 0.625. The fourth-order valence-corrected chi connectivity index (χ4v) is 1.03. The average Bonchev–Trinajstić information content (AvgIpc) is 2.13. The molecule has 0 saturated heterocycles. The monoisotopic (exact) mass is 218 g/mol. The zero-order chi connectivity index (χ0) is 7.56. The van der Waals surface area contributed by atoms with Crippen molar-refractivity contribution in [1.82, 2.24) is 4.57 Å². The summed E-state index contributed by atoms with van der Waals surface area (Å²) < 4.78 is 4.26. The Morgan fingerprint density at radius 2 is 2.09 bits per heavy atom. The summed E-state index contributed by atoms with van der Waals surface area (Å²) in [5.41, 5.74) is 0. The van der Waals surface area contributed by atoms with Crippen LogP contribution in [0.3, 0.4) is 0 Å². The van der Waals surface area contributed by atoms with Crippen LogP contribution in [0.1, 0.15) is 13.8 Å². The van der Waals surface area contributed by atoms with E-state index in [-0.39, 0.29) is 17.0 Å². The van der Waals surface area contributed by atoms with Crippen LogP contribution in [-0.2, 0) is 13.6 Å². The topological polar surface area (TPSA) is 8.81 Å². The van der Waals surface area contributed by atoms with Crippen LogP contribution in [0.15, 0.2) is 18.7 Å². The van der Waals surface area contributed by atoms with E-state index in [1.54, 1.807) is 0 Å². The molecule has 1 heterocycles. The maximum Gasteiger partial charge on any atom is 0.243 e. The number of hydrogen-bond donors (Lipinski definition) is 0. The van der Waals surface area contributed by atoms with E-state index in [9.17, 15) is 0 Å². The molecule has 2 nitrogen and oxygen atoms in total. The molecule has 0 bridgehead atoms. The van der Waals surface area contributed by atoms with Gasteiger partial charge in [0, 0.05) is 0 Å². The maximum absolute atomic E-state index is 2.22. The molecule has 1 rings (SSSR count). The molecular formula is C8H15BrN2. The minimum Gasteiger partial charge on any atom is -1.00 e. The van der Waals surface area contributed by atoms with E-state index in [1.165, 1.54) is 0 Å². The third-order valence-electron chi connectivity index (χ3n) is 1.40. The van der Waals surface area contributed by atoms with Gasteiger partial charge in [0.05, 0.1) is 13.6 Å². The number of rotatable bonds is 2. The molecule has 0 aliphatic rings. The molecule has 0 fully saturated rings. The SMILES string of the molecule is CC(C)C[n+]1ccn(C)c1.[Br-]. The van der Waals surface area contributed by atoms with E-state index in [1.807, 2.05) is 7.05 Å². The molecule has 3 heteroatoms. The van der Waals surface area contributed by atoms with Gasteiger partial charge in [-0.05, 0) is 5.92 Å². The normalized spacial score (nSPS) is 9.82. The molecule has 0 unspecified atom stereocenters. The van der Waals surface area contributed by atoms with Gasteiger partial charge < -0.3 is 17.0 Å². The van der Waals surface area contributed by atoms with Crippen molar-refractivity contribution in [2.24, 2.45) is 13.0 Å². The number of nitrogens with zero attached hydrogens (tertiary/aromatic N) is 2. The Morgan fingerprint density at radius 1 is 1.45 bits per heavy atom. The largest absolute Gasteiger partial charge is 1.00 e. The first-order chi connectivity index (χ1) is 4.68. The van der Waals surface area contributed by atoms with Crippen molar-refractivity contribution >= 4 is 0 Å². The number of aryl methyl sites for hydroxylation is 1. The molecule has 0 aliphatic carbocycles. The van der Waals surface area contributed by atoms with E-state index in [4.69, 9.17) is 0 Å². The van der Waals surface area contributed by atoms with Crippen LogP contribution in [0, 0.1) is 5.92 Å². The Morgan fingerprint density at radius 3 is 2.45 bits per heavy atom. The van der Waals surface area contributed by atoms with Crippen LogP contribution in [0.2, 0.25) is 0 Å². The average molecular weight is 219 g/mol. The second-order valence-electron chi connectivity index (χ2n) is 3.17. The lowest BCUT2D eigenvalue weighted by molar-refractivity contribution is -0.701. The molecule has 0 atom stereocenters. The van der Waals surface area contributed by atoms with Crippen molar-refractivity contribution in [3.05, 3.63) is 18.7 Å². The van der Waals surface area contributed by atoms with Crippen LogP contribution in [-0.4, -0.2) is 4.57 Å². The van der Waals surface area contributed by atoms with Crippen molar-refractivity contribution in [2.45, 2.75) is 20.4 Å². The standard InChI is InChI=1S/C8H15N2.BrH/c1-8(2)6-10-5-4-9(3)7-10;/h4-5,7-8H,6H2,1-3H3;1H/q+1;/p-1. The lowest BCUT2D eigenvalue weighted by Crippen LogP contribution is -3.00. The molecule has 0 radical (unpaired) electrons. The summed E-state index contributed by atoms with van der Waals surface area (Å²) in [5, 5.41) is 0. The van der Waals surface area contributed by atoms with Crippen molar-refractivity contribution in [3.63, 3.8) is 0 Å². The Kier molecular flexibility index (Phi) is 4.42. The minimum absolute atomic E-state index is 0. The van der Waals surface area contributed by atoms with E-state index in [0.717, 1.165) is 12.5 Å². The molecule has 0 aliphatic heterocycles. The minimum atomic E-state index is 0. The molecule has 11 heavy (non-hydrogen) atoms. The maximum atomic E-state index is 2.22. The van der Waals surface area contributed by atoms with Crippen LogP contribution in [0.4, 0.5) is 0 Å². The quantitative estimate of drug-likeness (QED) is 0.507. The van der Waals surface area contributed by atoms with Gasteiger partial charge in [-0.15, -0.1) is 0 Å². The third-order valence-corrected chi connectivity index (χ3v) is 1.40. The smallest absolute Gasteiger partial charge is 0.243 e. The molecule has 0 aromatic carbocycles. The van der Waals surface area contributed by atoms with Gasteiger partial charge in [0.2, 0.25) is 6.33 Å². The molecule has 1 aromatic heterocycles. The van der Waals surface area contributed by atoms with Gasteiger partial charge in [0.15, 0.2) is 0 Å². The summed E-state index contributed by atoms with van der Waals surface area (Å²) >= 11 is 0. The Hall–Kier alpha value is -0.310. The summed E-state index contributed by atoms with van der Waals surface area (Å²) in [6, 6.07) is 0. The van der Waals surface area contributed by atoms with E-state index < -0.39 is 0 Å². The first kappa shape index (κ1) is 10.7. The first-order valence-electron chi connectivity index (χ1n) is 3.69. The van der Waals surface area contributed by atoms with E-state index in [0.29, 0.717) is 0 Å². The summed E-state index contributed by atoms with van der Waals surface area (Å²) in [7, 11) is 2.04. The lowest BCUT2D eigenvalue weighted by atomic mass is 10.2. The van der Waals surface area contributed by atoms with Crippen molar-refractivity contribution in [1.29, 1.82) is 0 Å². The van der Waals surface area contributed by atoms with Crippen LogP contribution >= 0.6 is 0 Å². The number of aromatic nitrogens is 2. The lowest BCUT2D eigenvalue weighted by Gasteiger charge is -1.97. The number of hydrogen-bond acceptors (Lipinski definition) is 0. The van der Waals surface area contributed by atoms with Gasteiger partial charge in [0.1, 0.15) is 12.4 Å². The summed E-state index contributed by atoms with van der Waals surface area (Å²) in [4.78, 5) is 0. The third kappa shape index (κ3) is 3.56. The van der Waals surface area contributed by atoms with Gasteiger partial charge in [-0.25, -0.2) is 9.13 Å². The highest BCUT2D eigenvalue weighted by Crippen LogP contribution is 1.89. The number of halogens is 1. The van der Waals surface area contributed by atoms with Crippen molar-refractivity contribution in [3.8, 4) is 0 Å². The number of imidazole rings is 1. The highest BCUT2D eigenvalue weighted by atomic mass is 79.9. The van der Waals surface area contributed by atoms with Gasteiger partial charge in [0.25, 0.3) is 0 Å². The summed E-state index contributed by atoms with van der Waals surface area (Å²) in [6.07, 6.45) is 6.25. The second-order valence-corrected chi connectivity index (χ2v) is 3.17. The molecule has 0 spiro atoms. The second kappa shape index (κ2) is 4.54. The zero-order valence-electron chi connectivity index (χ0n) is 7.29. The molecule has 0 saturated carbocycles. The Labute approximate surface area is 78.6 Å². The van der Waals surface area contributed by atoms with Crippen LogP contribution < -0.4 is 21.5 Å². The van der Waals surface area contributed by atoms with Crippen LogP contribution in [0.25, 0.3) is 0 Å². The highest BCUT2D eigenvalue weighted by Gasteiger charge is 2.01. The zero-order valence-corrected chi connectivity index (χ0v) is 8.87. The van der Waals surface area contributed by atoms with Gasteiger partial charge in [-0.2, -0.15) is 0 Å². The van der Waals surface area contributed by atoms with E-state index in [2.05, 4.69) is 41.7 Å². The summed E-state index contributed by atoms with van der Waals surface area (Å²) in [5.74, 6) is 0.729.